The molecule has 0 fully saturated rings. The van der Waals surface area contributed by atoms with Gasteiger partial charge in [0.05, 0.1) is 5.56 Å². The van der Waals surface area contributed by atoms with E-state index in [1.165, 1.54) is 6.07 Å². The summed E-state index contributed by atoms with van der Waals surface area (Å²) in [5.74, 6) is -1.19. The molecule has 0 unspecified atom stereocenters. The van der Waals surface area contributed by atoms with Gasteiger partial charge in [-0.05, 0) is 34.1 Å². The molecule has 0 aliphatic heterocycles. The molecule has 0 aliphatic carbocycles. The first-order valence-electron chi connectivity index (χ1n) is 4.16. The number of amides is 2. The van der Waals surface area contributed by atoms with Gasteiger partial charge >= 0.3 is 0 Å². The number of halogens is 2. The van der Waals surface area contributed by atoms with Gasteiger partial charge in [-0.3, -0.25) is 14.4 Å². The number of benzene rings is 1. The highest BCUT2D eigenvalue weighted by molar-refractivity contribution is 9.10. The summed E-state index contributed by atoms with van der Waals surface area (Å²) >= 11 is 8.91. The Morgan fingerprint density at radius 2 is 2.19 bits per heavy atom. The third kappa shape index (κ3) is 3.80. The van der Waals surface area contributed by atoms with Gasteiger partial charge < -0.3 is 5.73 Å². The Bertz CT molecular complexity index is 425. The number of rotatable bonds is 4. The summed E-state index contributed by atoms with van der Waals surface area (Å²) in [6, 6.07) is 4.73. The van der Waals surface area contributed by atoms with Crippen LogP contribution in [0.4, 0.5) is 0 Å². The van der Waals surface area contributed by atoms with E-state index in [4.69, 9.17) is 17.3 Å². The highest BCUT2D eigenvalue weighted by atomic mass is 79.9. The van der Waals surface area contributed by atoms with E-state index in [0.717, 1.165) is 0 Å². The number of hydroxylamine groups is 1. The molecule has 0 saturated carbocycles. The van der Waals surface area contributed by atoms with Gasteiger partial charge in [-0.25, -0.2) is 5.48 Å². The third-order valence-corrected chi connectivity index (χ3v) is 2.48. The summed E-state index contributed by atoms with van der Waals surface area (Å²) < 4.78 is 0.567. The van der Waals surface area contributed by atoms with Crippen LogP contribution in [-0.4, -0.2) is 18.4 Å². The quantitative estimate of drug-likeness (QED) is 0.821. The summed E-state index contributed by atoms with van der Waals surface area (Å²) in [6.07, 6.45) is 0. The molecule has 0 aliphatic rings. The maximum atomic E-state index is 11.5. The third-order valence-electron chi connectivity index (χ3n) is 1.55. The van der Waals surface area contributed by atoms with Crippen LogP contribution in [0.25, 0.3) is 0 Å². The Labute approximate surface area is 105 Å². The van der Waals surface area contributed by atoms with Crippen molar-refractivity contribution in [2.45, 2.75) is 0 Å². The summed E-state index contributed by atoms with van der Waals surface area (Å²) in [4.78, 5) is 26.4. The number of carbonyl (C=O) groups is 2. The Kier molecular flexibility index (Phi) is 4.72. The number of carbonyl (C=O) groups excluding carboxylic acids is 2. The first kappa shape index (κ1) is 13.0. The van der Waals surface area contributed by atoms with E-state index >= 15 is 0 Å². The van der Waals surface area contributed by atoms with Crippen molar-refractivity contribution in [2.75, 3.05) is 6.61 Å². The standard InChI is InChI=1S/C9H8BrClN2O3/c10-7-2-1-5(11)3-6(7)9(15)13-16-4-8(12)14/h1-3H,4H2,(H2,12,14)(H,13,15). The number of hydrogen-bond donors (Lipinski definition) is 2. The lowest BCUT2D eigenvalue weighted by Crippen LogP contribution is -2.29. The smallest absolute Gasteiger partial charge is 0.276 e. The number of nitrogens with one attached hydrogen (secondary N) is 1. The molecule has 0 bridgehead atoms. The lowest BCUT2D eigenvalue weighted by atomic mass is 10.2. The zero-order valence-electron chi connectivity index (χ0n) is 8.00. The predicted molar refractivity (Wildman–Crippen MR) is 61.8 cm³/mol. The Balaban J connectivity index is 2.65. The second-order valence-corrected chi connectivity index (χ2v) is 4.10. The van der Waals surface area contributed by atoms with Crippen molar-refractivity contribution in [1.29, 1.82) is 0 Å². The highest BCUT2D eigenvalue weighted by Gasteiger charge is 2.10. The van der Waals surface area contributed by atoms with Gasteiger partial charge in [0.25, 0.3) is 5.91 Å². The van der Waals surface area contributed by atoms with E-state index < -0.39 is 11.8 Å². The second-order valence-electron chi connectivity index (χ2n) is 2.81. The molecule has 16 heavy (non-hydrogen) atoms. The molecule has 1 aromatic carbocycles. The Morgan fingerprint density at radius 1 is 1.50 bits per heavy atom. The molecule has 0 radical (unpaired) electrons. The molecular formula is C9H8BrClN2O3. The molecule has 5 nitrogen and oxygen atoms in total. The monoisotopic (exact) mass is 306 g/mol. The lowest BCUT2D eigenvalue weighted by Gasteiger charge is -2.06. The van der Waals surface area contributed by atoms with E-state index in [2.05, 4.69) is 26.2 Å². The second kappa shape index (κ2) is 5.83. The minimum atomic E-state index is -0.676. The molecule has 0 heterocycles. The predicted octanol–water partition coefficient (Wildman–Crippen LogP) is 1.25. The fourth-order valence-corrected chi connectivity index (χ4v) is 1.50. The number of nitrogens with two attached hydrogens (primary N) is 1. The van der Waals surface area contributed by atoms with Gasteiger partial charge in [-0.2, -0.15) is 0 Å². The van der Waals surface area contributed by atoms with Crippen LogP contribution in [0.3, 0.4) is 0 Å². The Hall–Kier alpha value is -1.11. The lowest BCUT2D eigenvalue weighted by molar-refractivity contribution is -0.124. The van der Waals surface area contributed by atoms with Crippen molar-refractivity contribution in [1.82, 2.24) is 5.48 Å². The van der Waals surface area contributed by atoms with Crippen molar-refractivity contribution in [3.8, 4) is 0 Å². The van der Waals surface area contributed by atoms with Crippen molar-refractivity contribution >= 4 is 39.3 Å². The van der Waals surface area contributed by atoms with Crippen LogP contribution in [0, 0.1) is 0 Å². The average molecular weight is 308 g/mol. The fourth-order valence-electron chi connectivity index (χ4n) is 0.899. The van der Waals surface area contributed by atoms with E-state index in [-0.39, 0.29) is 6.61 Å². The maximum Gasteiger partial charge on any atom is 0.276 e. The van der Waals surface area contributed by atoms with E-state index in [9.17, 15) is 9.59 Å². The van der Waals surface area contributed by atoms with Crippen LogP contribution in [0.15, 0.2) is 22.7 Å². The number of hydrogen-bond acceptors (Lipinski definition) is 3. The van der Waals surface area contributed by atoms with Gasteiger partial charge in [0.1, 0.15) is 0 Å². The van der Waals surface area contributed by atoms with Crippen molar-refractivity contribution in [3.05, 3.63) is 33.3 Å². The topological polar surface area (TPSA) is 81.4 Å². The van der Waals surface area contributed by atoms with Crippen LogP contribution in [0.1, 0.15) is 10.4 Å². The SMILES string of the molecule is NC(=O)CONC(=O)c1cc(Cl)ccc1Br. The van der Waals surface area contributed by atoms with E-state index in [1.54, 1.807) is 12.1 Å². The van der Waals surface area contributed by atoms with Gasteiger partial charge in [0, 0.05) is 9.50 Å². The van der Waals surface area contributed by atoms with Crippen LogP contribution in [-0.2, 0) is 9.63 Å². The minimum Gasteiger partial charge on any atom is -0.368 e. The first-order valence-corrected chi connectivity index (χ1v) is 5.33. The molecule has 0 saturated heterocycles. The minimum absolute atomic E-state index is 0.303. The summed E-state index contributed by atoms with van der Waals surface area (Å²) in [6.45, 7) is -0.385. The first-order chi connectivity index (χ1) is 7.50. The molecule has 1 aromatic rings. The number of primary amides is 1. The van der Waals surface area contributed by atoms with Crippen molar-refractivity contribution in [3.63, 3.8) is 0 Å². The fraction of sp³-hybridized carbons (Fsp3) is 0.111. The molecular weight excluding hydrogens is 299 g/mol. The molecule has 0 atom stereocenters. The Morgan fingerprint density at radius 3 is 2.81 bits per heavy atom. The van der Waals surface area contributed by atoms with Crippen molar-refractivity contribution < 1.29 is 14.4 Å². The van der Waals surface area contributed by atoms with Crippen LogP contribution in [0.2, 0.25) is 5.02 Å². The van der Waals surface area contributed by atoms with Crippen LogP contribution in [0.5, 0.6) is 0 Å². The van der Waals surface area contributed by atoms with Gasteiger partial charge in [-0.1, -0.05) is 11.6 Å². The van der Waals surface area contributed by atoms with Gasteiger partial charge in [0.2, 0.25) is 5.91 Å². The summed E-state index contributed by atoms with van der Waals surface area (Å²) in [5.41, 5.74) is 7.20. The van der Waals surface area contributed by atoms with Gasteiger partial charge in [-0.15, -0.1) is 0 Å². The van der Waals surface area contributed by atoms with E-state index in [1.807, 2.05) is 0 Å². The molecule has 1 rings (SSSR count). The van der Waals surface area contributed by atoms with Gasteiger partial charge in [0.15, 0.2) is 6.61 Å². The van der Waals surface area contributed by atoms with Crippen LogP contribution < -0.4 is 11.2 Å². The van der Waals surface area contributed by atoms with E-state index in [0.29, 0.717) is 15.1 Å². The maximum absolute atomic E-state index is 11.5. The summed E-state index contributed by atoms with van der Waals surface area (Å²) in [7, 11) is 0. The average Bonchev–Trinajstić information content (AvgIpc) is 2.21. The molecule has 0 spiro atoms. The normalized spacial score (nSPS) is 9.88. The molecule has 7 heteroatoms. The summed E-state index contributed by atoms with van der Waals surface area (Å²) in [5, 5.41) is 0.420. The molecule has 0 aromatic heterocycles. The molecule has 2 amide bonds. The van der Waals surface area contributed by atoms with Crippen LogP contribution >= 0.6 is 27.5 Å². The molecule has 3 N–H and O–H groups in total. The highest BCUT2D eigenvalue weighted by Crippen LogP contribution is 2.20. The largest absolute Gasteiger partial charge is 0.368 e. The zero-order chi connectivity index (χ0) is 12.1. The zero-order valence-corrected chi connectivity index (χ0v) is 10.3. The molecule has 86 valence electrons. The van der Waals surface area contributed by atoms with Crippen molar-refractivity contribution in [2.24, 2.45) is 5.73 Å².